The van der Waals surface area contributed by atoms with Crippen LogP contribution < -0.4 is 0 Å². The predicted octanol–water partition coefficient (Wildman–Crippen LogP) is 16.1. The summed E-state index contributed by atoms with van der Waals surface area (Å²) in [4.78, 5) is 0. The molecule has 4 aliphatic rings. The van der Waals surface area contributed by atoms with E-state index in [1.807, 2.05) is 0 Å². The van der Waals surface area contributed by atoms with Gasteiger partial charge >= 0.3 is 18.8 Å². The van der Waals surface area contributed by atoms with Crippen molar-refractivity contribution in [3.05, 3.63) is 232 Å². The topological polar surface area (TPSA) is 20.5 Å². The van der Waals surface area contributed by atoms with Crippen LogP contribution in [0.5, 0.6) is 0 Å². The Labute approximate surface area is 360 Å². The number of fused-ring (bicyclic) bond motifs is 2. The van der Waals surface area contributed by atoms with Gasteiger partial charge < -0.3 is 22.0 Å². The average Bonchev–Trinajstić information content (AvgIpc) is 3.70. The first-order chi connectivity index (χ1) is 30.3. The summed E-state index contributed by atoms with van der Waals surface area (Å²) in [6, 6.07) is 56.0. The summed E-state index contributed by atoms with van der Waals surface area (Å²) < 4.78 is 52.9. The molecule has 1 aliphatic heterocycles. The first-order valence-corrected chi connectivity index (χ1v) is 21.4. The maximum absolute atomic E-state index is 9.75. The van der Waals surface area contributed by atoms with E-state index in [4.69, 9.17) is 9.15 Å². The second-order valence-corrected chi connectivity index (χ2v) is 16.0. The minimum absolute atomic E-state index is 0.908. The van der Waals surface area contributed by atoms with Gasteiger partial charge in [0.25, 0.3) is 0 Å². The summed E-state index contributed by atoms with van der Waals surface area (Å²) in [5.41, 5.74) is 17.8. The third kappa shape index (κ3) is 9.13. The standard InChI is InChI=1S/C55H45O2.BF4/c1-6-18-38(19-7-1)49-36-51(40-22-10-3-11-23-40)56-54-45(28-16-30-47(49)54)34-43-32-33-44(53(43)42-26-14-5-15-27-42)35-46-29-17-31-48-50(39-20-8-2-9-21-39)37-52(57-55(46)48)41-24-12-4-13-25-41;2-1(3,4)5/h1-15,18-27,34-37H,16-17,28-33H2;/q+1;-1. The molecular formula is C55H45BF4O2. The number of benzene rings is 5. The normalized spacial score (nSPS) is 17.6. The van der Waals surface area contributed by atoms with E-state index < -0.39 is 7.25 Å². The van der Waals surface area contributed by atoms with Crippen molar-refractivity contribution in [2.75, 3.05) is 0 Å². The molecule has 0 bridgehead atoms. The van der Waals surface area contributed by atoms with Crippen LogP contribution in [-0.2, 0) is 11.2 Å². The zero-order chi connectivity index (χ0) is 42.5. The lowest BCUT2D eigenvalue weighted by Gasteiger charge is -2.29. The highest BCUT2D eigenvalue weighted by molar-refractivity contribution is 6.50. The summed E-state index contributed by atoms with van der Waals surface area (Å²) in [5.74, 6) is 3.89. The predicted molar refractivity (Wildman–Crippen MR) is 246 cm³/mol. The molecule has 10 rings (SSSR count). The summed E-state index contributed by atoms with van der Waals surface area (Å²) in [6.45, 7) is 0. The zero-order valence-electron chi connectivity index (χ0n) is 34.3. The van der Waals surface area contributed by atoms with Crippen molar-refractivity contribution in [2.45, 2.75) is 51.4 Å². The van der Waals surface area contributed by atoms with Gasteiger partial charge in [0, 0.05) is 16.7 Å². The van der Waals surface area contributed by atoms with Gasteiger partial charge in [-0.2, -0.15) is 0 Å². The Balaban J connectivity index is 0.000000929. The lowest BCUT2D eigenvalue weighted by Crippen LogP contribution is -2.12. The Morgan fingerprint density at radius 1 is 0.500 bits per heavy atom. The van der Waals surface area contributed by atoms with E-state index in [9.17, 15) is 17.3 Å². The number of rotatable bonds is 7. The summed E-state index contributed by atoms with van der Waals surface area (Å²) >= 11 is 0. The second kappa shape index (κ2) is 18.1. The monoisotopic (exact) mass is 824 g/mol. The van der Waals surface area contributed by atoms with Gasteiger partial charge in [-0.25, -0.2) is 4.42 Å². The van der Waals surface area contributed by atoms with Gasteiger partial charge in [0.05, 0.1) is 22.8 Å². The van der Waals surface area contributed by atoms with Crippen LogP contribution in [0.1, 0.15) is 73.0 Å². The molecule has 0 saturated carbocycles. The molecule has 0 amide bonds. The van der Waals surface area contributed by atoms with Crippen molar-refractivity contribution in [1.29, 1.82) is 0 Å². The summed E-state index contributed by atoms with van der Waals surface area (Å²) in [5, 5.41) is 0. The Morgan fingerprint density at radius 2 is 1.03 bits per heavy atom. The molecule has 0 radical (unpaired) electrons. The fourth-order valence-corrected chi connectivity index (χ4v) is 9.16. The van der Waals surface area contributed by atoms with Crippen LogP contribution in [0.4, 0.5) is 17.3 Å². The largest absolute Gasteiger partial charge is 0.673 e. The Kier molecular flexibility index (Phi) is 11.9. The Hall–Kier alpha value is -6.73. The van der Waals surface area contributed by atoms with Crippen LogP contribution >= 0.6 is 0 Å². The fourth-order valence-electron chi connectivity index (χ4n) is 9.16. The number of hydrogen-bond donors (Lipinski definition) is 0. The van der Waals surface area contributed by atoms with Gasteiger partial charge in [-0.05, 0) is 120 Å². The molecule has 0 atom stereocenters. The SMILES string of the molecule is C1=C(c2ccccc2)OC2=C(/C=C3\CCC(/C=C4\CCCc5c(-c6ccccc6)cc(-c6ccccc6)[o+]c54)=C3c3ccccc3)CCCC2=C1c1ccccc1.F[B-](F)(F)F. The van der Waals surface area contributed by atoms with E-state index in [2.05, 4.69) is 176 Å². The van der Waals surface area contributed by atoms with Gasteiger partial charge in [-0.15, -0.1) is 0 Å². The van der Waals surface area contributed by atoms with Crippen molar-refractivity contribution in [3.8, 4) is 22.5 Å². The van der Waals surface area contributed by atoms with Gasteiger partial charge in [-0.1, -0.05) is 146 Å². The van der Waals surface area contributed by atoms with E-state index >= 15 is 0 Å². The highest BCUT2D eigenvalue weighted by Gasteiger charge is 2.33. The highest BCUT2D eigenvalue weighted by atomic mass is 19.5. The van der Waals surface area contributed by atoms with Crippen LogP contribution in [-0.4, -0.2) is 7.25 Å². The number of hydrogen-bond acceptors (Lipinski definition) is 1. The molecule has 0 saturated heterocycles. The van der Waals surface area contributed by atoms with Crippen molar-refractivity contribution < 1.29 is 26.4 Å². The molecular weight excluding hydrogens is 779 g/mol. The van der Waals surface area contributed by atoms with E-state index in [1.54, 1.807) is 0 Å². The van der Waals surface area contributed by atoms with E-state index in [-0.39, 0.29) is 0 Å². The van der Waals surface area contributed by atoms with Gasteiger partial charge in [0.2, 0.25) is 0 Å². The Bertz CT molecular complexity index is 2760. The van der Waals surface area contributed by atoms with E-state index in [0.29, 0.717) is 0 Å². The summed E-state index contributed by atoms with van der Waals surface area (Å²) in [6.07, 6.45) is 15.4. The van der Waals surface area contributed by atoms with Gasteiger partial charge in [0.15, 0.2) is 0 Å². The molecule has 0 spiro atoms. The molecule has 1 aromatic heterocycles. The molecule has 0 fully saturated rings. The van der Waals surface area contributed by atoms with Crippen LogP contribution in [0.25, 0.3) is 44.9 Å². The second-order valence-electron chi connectivity index (χ2n) is 16.0. The van der Waals surface area contributed by atoms with Gasteiger partial charge in [0.1, 0.15) is 11.5 Å². The number of halogens is 4. The molecule has 6 aromatic rings. The van der Waals surface area contributed by atoms with Crippen LogP contribution in [0.15, 0.2) is 208 Å². The molecule has 7 heteroatoms. The van der Waals surface area contributed by atoms with Crippen LogP contribution in [0.2, 0.25) is 0 Å². The number of allylic oxidation sites excluding steroid dienone is 10. The zero-order valence-corrected chi connectivity index (χ0v) is 34.3. The van der Waals surface area contributed by atoms with Crippen molar-refractivity contribution in [3.63, 3.8) is 0 Å². The van der Waals surface area contributed by atoms with Crippen molar-refractivity contribution in [1.82, 2.24) is 0 Å². The quantitative estimate of drug-likeness (QED) is 0.0908. The molecule has 3 aliphatic carbocycles. The third-order valence-corrected chi connectivity index (χ3v) is 11.9. The molecule has 2 heterocycles. The smallest absolute Gasteiger partial charge is 0.456 e. The molecule has 2 nitrogen and oxygen atoms in total. The van der Waals surface area contributed by atoms with E-state index in [0.717, 1.165) is 85.5 Å². The van der Waals surface area contributed by atoms with Crippen LogP contribution in [0.3, 0.4) is 0 Å². The van der Waals surface area contributed by atoms with Crippen molar-refractivity contribution >= 4 is 29.7 Å². The van der Waals surface area contributed by atoms with E-state index in [1.165, 1.54) is 66.8 Å². The molecule has 308 valence electrons. The molecule has 5 aromatic carbocycles. The molecule has 0 unspecified atom stereocenters. The molecule has 0 N–H and O–H groups in total. The lowest BCUT2D eigenvalue weighted by molar-refractivity contribution is 0.368. The fraction of sp³-hybridized carbons (Fsp3) is 0.145. The molecule has 62 heavy (non-hydrogen) atoms. The minimum Gasteiger partial charge on any atom is -0.456 e. The summed E-state index contributed by atoms with van der Waals surface area (Å²) in [7, 11) is -6.00. The first-order valence-electron chi connectivity index (χ1n) is 21.4. The van der Waals surface area contributed by atoms with Crippen molar-refractivity contribution in [2.24, 2.45) is 0 Å². The van der Waals surface area contributed by atoms with Gasteiger partial charge in [-0.3, -0.25) is 0 Å². The third-order valence-electron chi connectivity index (χ3n) is 11.9. The maximum atomic E-state index is 9.75. The Morgan fingerprint density at radius 3 is 1.66 bits per heavy atom. The average molecular weight is 825 g/mol. The lowest BCUT2D eigenvalue weighted by atomic mass is 9.84. The maximum Gasteiger partial charge on any atom is 0.673 e. The van der Waals surface area contributed by atoms with Crippen LogP contribution in [0, 0.1) is 0 Å². The first kappa shape index (κ1) is 40.7. The highest BCUT2D eigenvalue weighted by Crippen LogP contribution is 2.48. The number of ether oxygens (including phenoxy) is 1. The minimum atomic E-state index is -6.00.